The van der Waals surface area contributed by atoms with Crippen LogP contribution in [0.2, 0.25) is 0 Å². The molecule has 2 aromatic carbocycles. The Labute approximate surface area is 216 Å². The molecule has 2 N–H and O–H groups in total. The highest BCUT2D eigenvalue weighted by Crippen LogP contribution is 2.40. The predicted octanol–water partition coefficient (Wildman–Crippen LogP) is 5.54. The van der Waals surface area contributed by atoms with Gasteiger partial charge in [-0.05, 0) is 55.2 Å². The van der Waals surface area contributed by atoms with Crippen molar-refractivity contribution in [3.8, 4) is 11.5 Å². The number of aliphatic hydroxyl groups is 1. The number of hydrogen-bond donors (Lipinski definition) is 2. The first-order chi connectivity index (χ1) is 17.6. The van der Waals surface area contributed by atoms with Crippen LogP contribution in [-0.2, 0) is 23.1 Å². The van der Waals surface area contributed by atoms with E-state index in [1.165, 1.54) is 37.5 Å². The molecule has 1 fully saturated rings. The van der Waals surface area contributed by atoms with Gasteiger partial charge in [0, 0.05) is 28.5 Å². The molecule has 0 radical (unpaired) electrons. The minimum Gasteiger partial charge on any atom is -0.493 e. The number of hydrogen-bond acceptors (Lipinski definition) is 7. The van der Waals surface area contributed by atoms with Gasteiger partial charge in [-0.15, -0.1) is 11.3 Å². The number of nitrogens with zero attached hydrogens (tertiary/aromatic N) is 1. The molecule has 2 aliphatic rings. The van der Waals surface area contributed by atoms with Crippen LogP contribution in [-0.4, -0.2) is 30.6 Å². The van der Waals surface area contributed by atoms with Crippen molar-refractivity contribution in [1.29, 1.82) is 0 Å². The zero-order valence-corrected chi connectivity index (χ0v) is 21.2. The van der Waals surface area contributed by atoms with Crippen molar-refractivity contribution >= 4 is 27.0 Å². The van der Waals surface area contributed by atoms with Gasteiger partial charge in [0.05, 0.1) is 18.4 Å². The molecule has 5 rings (SSSR count). The maximum Gasteiger partial charge on any atom is 0.516 e. The summed E-state index contributed by atoms with van der Waals surface area (Å²) in [6.45, 7) is 0.507. The number of anilines is 1. The van der Waals surface area contributed by atoms with Crippen LogP contribution >= 0.6 is 11.3 Å². The molecule has 3 aromatic rings. The number of sulfonamides is 1. The standard InChI is InChI=1S/C25H25F3N2O5S2/c26-25(27,28)37(32,33)30-18-6-1-3-15(10-18)9-17-12-35-22-8-7-19(11-20(22)24(17)31)34-13-23-29-21(14-36-23)16-4-2-5-16/h1,3,6-8,10-11,14,16-17,24,30-31H,2,4-5,9,12-13H2. The van der Waals surface area contributed by atoms with Gasteiger partial charge in [-0.2, -0.15) is 21.6 Å². The summed E-state index contributed by atoms with van der Waals surface area (Å²) in [5.74, 6) is 1.25. The number of aliphatic hydroxyl groups excluding tert-OH is 1. The maximum atomic E-state index is 12.7. The molecule has 1 aliphatic carbocycles. The lowest BCUT2D eigenvalue weighted by molar-refractivity contribution is -0.0429. The predicted molar refractivity (Wildman–Crippen MR) is 132 cm³/mol. The van der Waals surface area contributed by atoms with Gasteiger partial charge in [-0.1, -0.05) is 18.6 Å². The molecule has 198 valence electrons. The van der Waals surface area contributed by atoms with Gasteiger partial charge < -0.3 is 14.6 Å². The molecule has 0 bridgehead atoms. The molecule has 0 saturated heterocycles. The molecule has 2 heterocycles. The highest BCUT2D eigenvalue weighted by molar-refractivity contribution is 7.93. The lowest BCUT2D eigenvalue weighted by Crippen LogP contribution is -2.30. The third kappa shape index (κ3) is 5.70. The molecule has 12 heteroatoms. The van der Waals surface area contributed by atoms with E-state index in [-0.39, 0.29) is 18.7 Å². The second-order valence-corrected chi connectivity index (χ2v) is 11.9. The minimum absolute atomic E-state index is 0.190. The van der Waals surface area contributed by atoms with Crippen LogP contribution < -0.4 is 14.2 Å². The molecule has 0 amide bonds. The van der Waals surface area contributed by atoms with E-state index in [1.54, 1.807) is 40.3 Å². The number of halogens is 3. The van der Waals surface area contributed by atoms with E-state index in [4.69, 9.17) is 9.47 Å². The third-order valence-electron chi connectivity index (χ3n) is 6.64. The molecule has 7 nitrogen and oxygen atoms in total. The summed E-state index contributed by atoms with van der Waals surface area (Å²) in [6.07, 6.45) is 2.96. The number of rotatable bonds is 8. The Morgan fingerprint density at radius 1 is 1.19 bits per heavy atom. The van der Waals surface area contributed by atoms with E-state index in [1.807, 2.05) is 0 Å². The molecule has 1 saturated carbocycles. The zero-order valence-electron chi connectivity index (χ0n) is 19.6. The Kier molecular flexibility index (Phi) is 7.08. The molecule has 2 atom stereocenters. The second kappa shape index (κ2) is 10.1. The first-order valence-corrected chi connectivity index (χ1v) is 14.2. The van der Waals surface area contributed by atoms with Gasteiger partial charge in [0.25, 0.3) is 0 Å². The van der Waals surface area contributed by atoms with E-state index in [0.717, 1.165) is 10.7 Å². The van der Waals surface area contributed by atoms with Crippen molar-refractivity contribution in [2.45, 2.75) is 49.8 Å². The summed E-state index contributed by atoms with van der Waals surface area (Å²) in [7, 11) is -5.53. The first kappa shape index (κ1) is 25.8. The van der Waals surface area contributed by atoms with Crippen LogP contribution in [0.15, 0.2) is 47.8 Å². The summed E-state index contributed by atoms with van der Waals surface area (Å²) >= 11 is 1.57. The molecule has 2 unspecified atom stereocenters. The van der Waals surface area contributed by atoms with Crippen LogP contribution in [0.1, 0.15) is 53.1 Å². The summed E-state index contributed by atoms with van der Waals surface area (Å²) in [5.41, 5.74) is -3.39. The molecule has 37 heavy (non-hydrogen) atoms. The van der Waals surface area contributed by atoms with E-state index in [9.17, 15) is 26.7 Å². The Balaban J connectivity index is 1.24. The second-order valence-electron chi connectivity index (χ2n) is 9.25. The summed E-state index contributed by atoms with van der Waals surface area (Å²) in [4.78, 5) is 4.67. The largest absolute Gasteiger partial charge is 0.516 e. The van der Waals surface area contributed by atoms with Gasteiger partial charge >= 0.3 is 15.5 Å². The van der Waals surface area contributed by atoms with Crippen LogP contribution in [0.5, 0.6) is 11.5 Å². The van der Waals surface area contributed by atoms with Crippen molar-refractivity contribution in [1.82, 2.24) is 4.98 Å². The Bertz CT molecular complexity index is 1370. The number of aromatic nitrogens is 1. The highest BCUT2D eigenvalue weighted by Gasteiger charge is 2.46. The van der Waals surface area contributed by atoms with Crippen molar-refractivity contribution < 1.29 is 36.2 Å². The normalized spacial score (nSPS) is 20.0. The Morgan fingerprint density at radius 2 is 2.00 bits per heavy atom. The van der Waals surface area contributed by atoms with Crippen molar-refractivity contribution in [3.63, 3.8) is 0 Å². The monoisotopic (exact) mass is 554 g/mol. The van der Waals surface area contributed by atoms with Gasteiger partial charge in [-0.25, -0.2) is 4.98 Å². The number of fused-ring (bicyclic) bond motifs is 1. The van der Waals surface area contributed by atoms with E-state index in [0.29, 0.717) is 35.2 Å². The van der Waals surface area contributed by atoms with Gasteiger partial charge in [0.2, 0.25) is 0 Å². The van der Waals surface area contributed by atoms with Gasteiger partial charge in [0.15, 0.2) is 0 Å². The lowest BCUT2D eigenvalue weighted by Gasteiger charge is -2.30. The van der Waals surface area contributed by atoms with Crippen LogP contribution in [0.4, 0.5) is 18.9 Å². The molecular weight excluding hydrogens is 529 g/mol. The average molecular weight is 555 g/mol. The smallest absolute Gasteiger partial charge is 0.493 e. The fourth-order valence-corrected chi connectivity index (χ4v) is 5.74. The van der Waals surface area contributed by atoms with E-state index in [2.05, 4.69) is 10.4 Å². The molecule has 1 aromatic heterocycles. The highest BCUT2D eigenvalue weighted by atomic mass is 32.2. The maximum absolute atomic E-state index is 12.7. The summed E-state index contributed by atoms with van der Waals surface area (Å²) < 4.78 is 74.2. The number of nitrogens with one attached hydrogen (secondary N) is 1. The molecular formula is C25H25F3N2O5S2. The van der Waals surface area contributed by atoms with E-state index < -0.39 is 27.6 Å². The zero-order chi connectivity index (χ0) is 26.2. The van der Waals surface area contributed by atoms with Crippen molar-refractivity contribution in [2.75, 3.05) is 11.3 Å². The van der Waals surface area contributed by atoms with Crippen molar-refractivity contribution in [3.05, 3.63) is 69.7 Å². The number of ether oxygens (including phenoxy) is 2. The van der Waals surface area contributed by atoms with Gasteiger partial charge in [-0.3, -0.25) is 4.72 Å². The Hall–Kier alpha value is -2.83. The van der Waals surface area contributed by atoms with Crippen LogP contribution in [0.3, 0.4) is 0 Å². The fraction of sp³-hybridized carbons (Fsp3) is 0.400. The van der Waals surface area contributed by atoms with Crippen LogP contribution in [0, 0.1) is 5.92 Å². The van der Waals surface area contributed by atoms with Crippen LogP contribution in [0.25, 0.3) is 0 Å². The SMILES string of the molecule is O=S(=O)(Nc1cccc(CC2COc3ccc(OCc4nc(C5CCC5)cs4)cc3C2O)c1)C(F)(F)F. The number of thiazole rings is 1. The summed E-state index contributed by atoms with van der Waals surface area (Å²) in [6, 6.07) is 10.9. The quantitative estimate of drug-likeness (QED) is 0.380. The fourth-order valence-electron chi connectivity index (χ4n) is 4.40. The first-order valence-electron chi connectivity index (χ1n) is 11.8. The topological polar surface area (TPSA) is 97.8 Å². The van der Waals surface area contributed by atoms with Crippen molar-refractivity contribution in [2.24, 2.45) is 5.92 Å². The minimum atomic E-state index is -5.53. The third-order valence-corrected chi connectivity index (χ3v) is 8.59. The Morgan fingerprint density at radius 3 is 2.73 bits per heavy atom. The average Bonchev–Trinajstić information content (AvgIpc) is 3.26. The number of benzene rings is 2. The molecule has 1 aliphatic heterocycles. The van der Waals surface area contributed by atoms with Gasteiger partial charge in [0.1, 0.15) is 23.1 Å². The van der Waals surface area contributed by atoms with E-state index >= 15 is 0 Å². The lowest BCUT2D eigenvalue weighted by atomic mass is 9.83. The molecule has 0 spiro atoms. The number of alkyl halides is 3. The summed E-state index contributed by atoms with van der Waals surface area (Å²) in [5, 5.41) is 14.0.